The molecule has 0 radical (unpaired) electrons. The number of nitrogens with one attached hydrogen (secondary N) is 2. The number of piperidine rings is 1. The molecule has 2 N–H and O–H groups in total. The Morgan fingerprint density at radius 2 is 2.00 bits per heavy atom. The van der Waals surface area contributed by atoms with Gasteiger partial charge in [0.25, 0.3) is 0 Å². The van der Waals surface area contributed by atoms with Crippen LogP contribution in [-0.4, -0.2) is 59.4 Å². The molecule has 0 aliphatic carbocycles. The van der Waals surface area contributed by atoms with Crippen molar-refractivity contribution in [2.75, 3.05) is 19.9 Å². The quantitative estimate of drug-likeness (QED) is 0.823. The molecule has 0 bridgehead atoms. The molecule has 4 rings (SSSR count). The van der Waals surface area contributed by atoms with Crippen LogP contribution in [0.2, 0.25) is 0 Å². The summed E-state index contributed by atoms with van der Waals surface area (Å²) in [5.74, 6) is 1.55. The van der Waals surface area contributed by atoms with E-state index in [-0.39, 0.29) is 30.8 Å². The van der Waals surface area contributed by atoms with Crippen LogP contribution in [0.1, 0.15) is 39.2 Å². The maximum atomic E-state index is 12.9. The summed E-state index contributed by atoms with van der Waals surface area (Å²) in [5, 5.41) is 6.45. The summed E-state index contributed by atoms with van der Waals surface area (Å²) in [5.41, 5.74) is 0.592. The number of carbonyl (C=O) groups is 2. The van der Waals surface area contributed by atoms with Gasteiger partial charge in [0.2, 0.25) is 12.7 Å². The summed E-state index contributed by atoms with van der Waals surface area (Å²) < 4.78 is 10.8. The highest BCUT2D eigenvalue weighted by molar-refractivity contribution is 5.85. The molecule has 2 saturated heterocycles. The molecule has 1 aromatic carbocycles. The van der Waals surface area contributed by atoms with E-state index in [1.165, 1.54) is 0 Å². The van der Waals surface area contributed by atoms with Gasteiger partial charge in [0, 0.05) is 38.5 Å². The molecule has 3 amide bonds. The van der Waals surface area contributed by atoms with E-state index in [1.54, 1.807) is 0 Å². The Morgan fingerprint density at radius 1 is 1.29 bits per heavy atom. The van der Waals surface area contributed by atoms with Crippen LogP contribution < -0.4 is 20.1 Å². The molecule has 1 atom stereocenters. The van der Waals surface area contributed by atoms with Gasteiger partial charge in [-0.2, -0.15) is 0 Å². The van der Waals surface area contributed by atoms with E-state index in [1.807, 2.05) is 48.8 Å². The maximum Gasteiger partial charge on any atom is 0.317 e. The zero-order chi connectivity index (χ0) is 19.9. The molecule has 8 nitrogen and oxygen atoms in total. The van der Waals surface area contributed by atoms with Crippen LogP contribution in [0, 0.1) is 0 Å². The van der Waals surface area contributed by atoms with Crippen molar-refractivity contribution in [2.45, 2.75) is 57.9 Å². The smallest absolute Gasteiger partial charge is 0.317 e. The lowest BCUT2D eigenvalue weighted by Gasteiger charge is -2.44. The van der Waals surface area contributed by atoms with Gasteiger partial charge in [-0.3, -0.25) is 10.1 Å². The number of nitrogens with zero attached hydrogens (tertiary/aromatic N) is 2. The van der Waals surface area contributed by atoms with Crippen molar-refractivity contribution < 1.29 is 19.1 Å². The van der Waals surface area contributed by atoms with E-state index in [9.17, 15) is 9.59 Å². The van der Waals surface area contributed by atoms with Gasteiger partial charge < -0.3 is 24.6 Å². The average Bonchev–Trinajstić information content (AvgIpc) is 3.20. The van der Waals surface area contributed by atoms with Crippen LogP contribution in [0.4, 0.5) is 4.79 Å². The van der Waals surface area contributed by atoms with E-state index in [4.69, 9.17) is 9.47 Å². The van der Waals surface area contributed by atoms with E-state index in [2.05, 4.69) is 10.6 Å². The van der Waals surface area contributed by atoms with Crippen molar-refractivity contribution >= 4 is 11.9 Å². The molecule has 3 aliphatic rings. The molecule has 0 aromatic heterocycles. The Labute approximate surface area is 165 Å². The molecule has 1 unspecified atom stereocenters. The molecule has 3 heterocycles. The Morgan fingerprint density at radius 3 is 2.71 bits per heavy atom. The van der Waals surface area contributed by atoms with Crippen molar-refractivity contribution in [2.24, 2.45) is 0 Å². The largest absolute Gasteiger partial charge is 0.454 e. The van der Waals surface area contributed by atoms with Crippen LogP contribution >= 0.6 is 0 Å². The fourth-order valence-corrected chi connectivity index (χ4v) is 4.27. The van der Waals surface area contributed by atoms with Gasteiger partial charge in [0.05, 0.1) is 11.7 Å². The van der Waals surface area contributed by atoms with Crippen LogP contribution in [0.3, 0.4) is 0 Å². The Hall–Kier alpha value is -2.48. The number of likely N-dealkylation sites (tertiary alicyclic amines) is 1. The van der Waals surface area contributed by atoms with Gasteiger partial charge in [0.15, 0.2) is 11.5 Å². The Kier molecular flexibility index (Phi) is 4.82. The topological polar surface area (TPSA) is 83.1 Å². The minimum absolute atomic E-state index is 0.0375. The summed E-state index contributed by atoms with van der Waals surface area (Å²) in [7, 11) is 0. The normalized spacial score (nSPS) is 23.0. The van der Waals surface area contributed by atoms with E-state index >= 15 is 0 Å². The van der Waals surface area contributed by atoms with Gasteiger partial charge in [-0.15, -0.1) is 0 Å². The first-order valence-corrected chi connectivity index (χ1v) is 9.91. The van der Waals surface area contributed by atoms with Crippen molar-refractivity contribution in [3.8, 4) is 11.5 Å². The van der Waals surface area contributed by atoms with Crippen LogP contribution in [-0.2, 0) is 11.3 Å². The Bertz CT molecular complexity index is 773. The monoisotopic (exact) mass is 388 g/mol. The predicted octanol–water partition coefficient (Wildman–Crippen LogP) is 1.65. The van der Waals surface area contributed by atoms with Gasteiger partial charge in [-0.25, -0.2) is 4.79 Å². The highest BCUT2D eigenvalue weighted by Crippen LogP contribution is 2.36. The van der Waals surface area contributed by atoms with Crippen molar-refractivity contribution in [1.29, 1.82) is 0 Å². The minimum Gasteiger partial charge on any atom is -0.454 e. The molecule has 3 aliphatic heterocycles. The van der Waals surface area contributed by atoms with Crippen LogP contribution in [0.25, 0.3) is 0 Å². The third-order valence-electron chi connectivity index (χ3n) is 5.71. The van der Waals surface area contributed by atoms with Crippen LogP contribution in [0.15, 0.2) is 18.2 Å². The lowest BCUT2D eigenvalue weighted by molar-refractivity contribution is -0.133. The lowest BCUT2D eigenvalue weighted by atomic mass is 9.95. The Balaban J connectivity index is 1.48. The number of rotatable bonds is 3. The minimum atomic E-state index is -0.415. The number of carbonyl (C=O) groups excluding carboxylic acids is 2. The predicted molar refractivity (Wildman–Crippen MR) is 103 cm³/mol. The first-order chi connectivity index (χ1) is 13.4. The van der Waals surface area contributed by atoms with Crippen molar-refractivity contribution in [3.05, 3.63) is 23.8 Å². The third kappa shape index (κ3) is 3.37. The standard InChI is InChI=1S/C20H28N4O4/c1-13(2)21-19(26)23-8-6-20(7-9-23)22-14(3)18(25)24(20)11-15-4-5-16-17(10-15)28-12-27-16/h4-5,10,13-14,22H,6-9,11-12H2,1-3H3,(H,21,26). The second-order valence-corrected chi connectivity index (χ2v) is 8.10. The second kappa shape index (κ2) is 7.16. The molecular formula is C20H28N4O4. The zero-order valence-electron chi connectivity index (χ0n) is 16.7. The zero-order valence-corrected chi connectivity index (χ0v) is 16.7. The second-order valence-electron chi connectivity index (χ2n) is 8.10. The van der Waals surface area contributed by atoms with E-state index in [0.717, 1.165) is 17.1 Å². The summed E-state index contributed by atoms with van der Waals surface area (Å²) in [6.07, 6.45) is 1.41. The molecule has 1 aromatic rings. The molecule has 2 fully saturated rings. The lowest BCUT2D eigenvalue weighted by Crippen LogP contribution is -2.60. The molecule has 1 spiro atoms. The van der Waals surface area contributed by atoms with Crippen molar-refractivity contribution in [1.82, 2.24) is 20.4 Å². The summed E-state index contributed by atoms with van der Waals surface area (Å²) in [4.78, 5) is 29.0. The molecule has 152 valence electrons. The number of benzene rings is 1. The molecule has 0 saturated carbocycles. The molecule has 8 heteroatoms. The van der Waals surface area contributed by atoms with E-state index < -0.39 is 5.66 Å². The number of amides is 3. The van der Waals surface area contributed by atoms with Gasteiger partial charge in [0.1, 0.15) is 0 Å². The summed E-state index contributed by atoms with van der Waals surface area (Å²) in [6, 6.07) is 5.65. The van der Waals surface area contributed by atoms with Gasteiger partial charge in [-0.1, -0.05) is 6.07 Å². The first-order valence-electron chi connectivity index (χ1n) is 9.91. The number of hydrogen-bond donors (Lipinski definition) is 2. The SMILES string of the molecule is CC(C)NC(=O)N1CCC2(CC1)NC(C)C(=O)N2Cc1ccc2c(c1)OCO2. The van der Waals surface area contributed by atoms with Crippen LogP contribution in [0.5, 0.6) is 11.5 Å². The van der Waals surface area contributed by atoms with E-state index in [0.29, 0.717) is 32.5 Å². The molecular weight excluding hydrogens is 360 g/mol. The number of ether oxygens (including phenoxy) is 2. The van der Waals surface area contributed by atoms with Gasteiger partial charge >= 0.3 is 6.03 Å². The highest BCUT2D eigenvalue weighted by Gasteiger charge is 2.50. The first kappa shape index (κ1) is 18.9. The average molecular weight is 388 g/mol. The number of urea groups is 1. The number of hydrogen-bond acceptors (Lipinski definition) is 5. The fraction of sp³-hybridized carbons (Fsp3) is 0.600. The summed E-state index contributed by atoms with van der Waals surface area (Å²) >= 11 is 0. The fourth-order valence-electron chi connectivity index (χ4n) is 4.27. The van der Waals surface area contributed by atoms with Crippen molar-refractivity contribution in [3.63, 3.8) is 0 Å². The summed E-state index contributed by atoms with van der Waals surface area (Å²) in [6.45, 7) is 7.78. The third-order valence-corrected chi connectivity index (χ3v) is 5.71. The van der Waals surface area contributed by atoms with Gasteiger partial charge in [-0.05, 0) is 38.5 Å². The number of fused-ring (bicyclic) bond motifs is 1. The molecule has 28 heavy (non-hydrogen) atoms. The maximum absolute atomic E-state index is 12.9. The highest BCUT2D eigenvalue weighted by atomic mass is 16.7.